The molecule has 0 aliphatic heterocycles. The Balaban J connectivity index is 2.51. The first-order valence-corrected chi connectivity index (χ1v) is 5.74. The molecule has 0 aliphatic carbocycles. The molecule has 0 N–H and O–H groups in total. The Hall–Kier alpha value is -1.62. The molecule has 2 rings (SSSR count). The maximum absolute atomic E-state index is 13.0. The molecule has 92 valence electrons. The van der Waals surface area contributed by atoms with Crippen LogP contribution in [-0.4, -0.2) is 5.78 Å². The average Bonchev–Trinajstić information content (AvgIpc) is 2.35. The molecule has 0 fully saturated rings. The van der Waals surface area contributed by atoms with Crippen LogP contribution in [0, 0.1) is 17.5 Å². The molecule has 0 atom stereocenters. The van der Waals surface area contributed by atoms with Crippen LogP contribution in [0.4, 0.5) is 13.2 Å². The molecule has 0 spiro atoms. The van der Waals surface area contributed by atoms with Gasteiger partial charge in [-0.2, -0.15) is 0 Å². The summed E-state index contributed by atoms with van der Waals surface area (Å²) in [6.07, 6.45) is 0. The lowest BCUT2D eigenvalue weighted by Gasteiger charge is -2.04. The number of carbonyl (C=O) groups excluding carboxylic acids is 1. The van der Waals surface area contributed by atoms with Gasteiger partial charge in [-0.15, -0.1) is 0 Å². The summed E-state index contributed by atoms with van der Waals surface area (Å²) in [5.74, 6) is -4.94. The van der Waals surface area contributed by atoms with Crippen LogP contribution < -0.4 is 0 Å². The minimum atomic E-state index is -1.58. The molecular formula is C13H6BrF3O. The van der Waals surface area contributed by atoms with E-state index in [0.717, 1.165) is 0 Å². The SMILES string of the molecule is O=C(c1cc(F)c(F)c(F)c1)c1ccccc1Br. The zero-order chi connectivity index (χ0) is 13.3. The van der Waals surface area contributed by atoms with Gasteiger partial charge in [0.1, 0.15) is 0 Å². The van der Waals surface area contributed by atoms with E-state index in [-0.39, 0.29) is 11.1 Å². The van der Waals surface area contributed by atoms with Gasteiger partial charge in [-0.05, 0) is 24.3 Å². The lowest BCUT2D eigenvalue weighted by Crippen LogP contribution is -2.05. The van der Waals surface area contributed by atoms with Crippen LogP contribution in [0.15, 0.2) is 40.9 Å². The molecule has 0 unspecified atom stereocenters. The highest BCUT2D eigenvalue weighted by molar-refractivity contribution is 9.10. The van der Waals surface area contributed by atoms with Crippen molar-refractivity contribution < 1.29 is 18.0 Å². The Bertz CT molecular complexity index is 602. The topological polar surface area (TPSA) is 17.1 Å². The number of halogens is 4. The monoisotopic (exact) mass is 314 g/mol. The zero-order valence-corrected chi connectivity index (χ0v) is 10.5. The van der Waals surface area contributed by atoms with Crippen molar-refractivity contribution in [3.05, 3.63) is 69.4 Å². The smallest absolute Gasteiger partial charge is 0.194 e. The van der Waals surface area contributed by atoms with Crippen LogP contribution in [0.25, 0.3) is 0 Å². The first-order valence-electron chi connectivity index (χ1n) is 4.94. The van der Waals surface area contributed by atoms with E-state index in [9.17, 15) is 18.0 Å². The van der Waals surface area contributed by atoms with Crippen molar-refractivity contribution in [2.24, 2.45) is 0 Å². The summed E-state index contributed by atoms with van der Waals surface area (Å²) in [4.78, 5) is 12.0. The first-order chi connectivity index (χ1) is 8.50. The Labute approximate surface area is 109 Å². The van der Waals surface area contributed by atoms with E-state index in [0.29, 0.717) is 16.6 Å². The molecule has 18 heavy (non-hydrogen) atoms. The fourth-order valence-electron chi connectivity index (χ4n) is 1.49. The maximum atomic E-state index is 13.0. The second-order valence-corrected chi connectivity index (χ2v) is 4.42. The molecule has 0 saturated heterocycles. The number of ketones is 1. The van der Waals surface area contributed by atoms with Crippen LogP contribution in [0.5, 0.6) is 0 Å². The predicted molar refractivity (Wildman–Crippen MR) is 63.9 cm³/mol. The average molecular weight is 315 g/mol. The lowest BCUT2D eigenvalue weighted by molar-refractivity contribution is 0.103. The predicted octanol–water partition coefficient (Wildman–Crippen LogP) is 4.10. The molecule has 0 bridgehead atoms. The summed E-state index contributed by atoms with van der Waals surface area (Å²) in [6.45, 7) is 0. The highest BCUT2D eigenvalue weighted by Gasteiger charge is 2.17. The third-order valence-electron chi connectivity index (χ3n) is 2.36. The van der Waals surface area contributed by atoms with Crippen LogP contribution in [0.1, 0.15) is 15.9 Å². The van der Waals surface area contributed by atoms with Gasteiger partial charge in [-0.25, -0.2) is 13.2 Å². The minimum Gasteiger partial charge on any atom is -0.289 e. The second kappa shape index (κ2) is 4.94. The van der Waals surface area contributed by atoms with Gasteiger partial charge in [0.2, 0.25) is 0 Å². The molecule has 0 radical (unpaired) electrons. The Kier molecular flexibility index (Phi) is 3.52. The normalized spacial score (nSPS) is 10.4. The van der Waals surface area contributed by atoms with Crippen LogP contribution in [-0.2, 0) is 0 Å². The van der Waals surface area contributed by atoms with Crippen molar-refractivity contribution in [1.29, 1.82) is 0 Å². The number of benzene rings is 2. The highest BCUT2D eigenvalue weighted by atomic mass is 79.9. The largest absolute Gasteiger partial charge is 0.289 e. The molecule has 0 heterocycles. The van der Waals surface area contributed by atoms with Crippen molar-refractivity contribution >= 4 is 21.7 Å². The molecule has 0 amide bonds. The summed E-state index contributed by atoms with van der Waals surface area (Å²) >= 11 is 3.16. The number of carbonyl (C=O) groups is 1. The molecule has 2 aromatic rings. The third kappa shape index (κ3) is 2.31. The molecule has 2 aromatic carbocycles. The van der Waals surface area contributed by atoms with Gasteiger partial charge < -0.3 is 0 Å². The van der Waals surface area contributed by atoms with Gasteiger partial charge in [0.05, 0.1) is 0 Å². The summed E-state index contributed by atoms with van der Waals surface area (Å²) in [6, 6.07) is 7.82. The number of hydrogen-bond acceptors (Lipinski definition) is 1. The molecule has 1 nitrogen and oxygen atoms in total. The van der Waals surface area contributed by atoms with Gasteiger partial charge in [0, 0.05) is 15.6 Å². The van der Waals surface area contributed by atoms with Crippen molar-refractivity contribution in [2.75, 3.05) is 0 Å². The van der Waals surface area contributed by atoms with Crippen molar-refractivity contribution in [2.45, 2.75) is 0 Å². The molecule has 5 heteroatoms. The summed E-state index contributed by atoms with van der Waals surface area (Å²) < 4.78 is 39.4. The van der Waals surface area contributed by atoms with Gasteiger partial charge in [-0.3, -0.25) is 4.79 Å². The van der Waals surface area contributed by atoms with Crippen molar-refractivity contribution in [1.82, 2.24) is 0 Å². The van der Waals surface area contributed by atoms with Gasteiger partial charge >= 0.3 is 0 Å². The van der Waals surface area contributed by atoms with Crippen LogP contribution in [0.2, 0.25) is 0 Å². The van der Waals surface area contributed by atoms with Crippen molar-refractivity contribution in [3.63, 3.8) is 0 Å². The Morgan fingerprint density at radius 1 is 1.00 bits per heavy atom. The van der Waals surface area contributed by atoms with E-state index >= 15 is 0 Å². The van der Waals surface area contributed by atoms with Gasteiger partial charge in [0.25, 0.3) is 0 Å². The van der Waals surface area contributed by atoms with E-state index in [4.69, 9.17) is 0 Å². The molecule has 0 aliphatic rings. The van der Waals surface area contributed by atoms with E-state index in [2.05, 4.69) is 15.9 Å². The quantitative estimate of drug-likeness (QED) is 0.602. The van der Waals surface area contributed by atoms with Crippen molar-refractivity contribution in [3.8, 4) is 0 Å². The minimum absolute atomic E-state index is 0.238. The molecule has 0 saturated carbocycles. The Morgan fingerprint density at radius 3 is 2.11 bits per heavy atom. The first kappa shape index (κ1) is 12.8. The lowest BCUT2D eigenvalue weighted by atomic mass is 10.0. The standard InChI is InChI=1S/C13H6BrF3O/c14-9-4-2-1-3-8(9)13(18)7-5-10(15)12(17)11(16)6-7/h1-6H. The van der Waals surface area contributed by atoms with Crippen LogP contribution >= 0.6 is 15.9 Å². The second-order valence-electron chi connectivity index (χ2n) is 3.56. The molecular weight excluding hydrogens is 309 g/mol. The fourth-order valence-corrected chi connectivity index (χ4v) is 1.95. The fraction of sp³-hybridized carbons (Fsp3) is 0. The van der Waals surface area contributed by atoms with Gasteiger partial charge in [-0.1, -0.05) is 28.1 Å². The van der Waals surface area contributed by atoms with E-state index in [1.54, 1.807) is 18.2 Å². The number of hydrogen-bond donors (Lipinski definition) is 0. The maximum Gasteiger partial charge on any atom is 0.194 e. The molecule has 0 aromatic heterocycles. The zero-order valence-electron chi connectivity index (χ0n) is 8.88. The highest BCUT2D eigenvalue weighted by Crippen LogP contribution is 2.21. The van der Waals surface area contributed by atoms with E-state index < -0.39 is 23.2 Å². The summed E-state index contributed by atoms with van der Waals surface area (Å²) in [7, 11) is 0. The van der Waals surface area contributed by atoms with Crippen LogP contribution in [0.3, 0.4) is 0 Å². The number of rotatable bonds is 2. The van der Waals surface area contributed by atoms with Gasteiger partial charge in [0.15, 0.2) is 23.2 Å². The third-order valence-corrected chi connectivity index (χ3v) is 3.06. The van der Waals surface area contributed by atoms with E-state index in [1.165, 1.54) is 6.07 Å². The summed E-state index contributed by atoms with van der Waals surface area (Å²) in [5, 5.41) is 0. The Morgan fingerprint density at radius 2 is 1.56 bits per heavy atom. The summed E-state index contributed by atoms with van der Waals surface area (Å²) in [5.41, 5.74) is 0.0150. The van der Waals surface area contributed by atoms with E-state index in [1.807, 2.05) is 0 Å².